The van der Waals surface area contributed by atoms with Crippen LogP contribution in [-0.4, -0.2) is 23.7 Å². The minimum absolute atomic E-state index is 0. The number of carbonyl (C=O) groups is 2. The monoisotopic (exact) mass is 410 g/mol. The summed E-state index contributed by atoms with van der Waals surface area (Å²) in [7, 11) is 0. The standard InChI is InChI=1S/C24H26O5.CH4/c1-4-28-22(26)24(27)14-13-23(2,3)19-11-10-17(16-20(19)24)12-15-29-21(25)18-8-6-5-7-9-18;/h5-12,15-16,27H,4,13-14H2,1-3H3;1H4. The number of aliphatic hydroxyl groups is 1. The average Bonchev–Trinajstić information content (AvgIpc) is 2.72. The van der Waals surface area contributed by atoms with Crippen LogP contribution >= 0.6 is 0 Å². The Morgan fingerprint density at radius 1 is 1.07 bits per heavy atom. The first kappa shape index (κ1) is 23.4. The van der Waals surface area contributed by atoms with Gasteiger partial charge >= 0.3 is 11.9 Å². The molecule has 0 saturated carbocycles. The van der Waals surface area contributed by atoms with Crippen LogP contribution in [0.25, 0.3) is 6.08 Å². The summed E-state index contributed by atoms with van der Waals surface area (Å²) in [5.74, 6) is -1.09. The summed E-state index contributed by atoms with van der Waals surface area (Å²) in [5, 5.41) is 11.2. The Morgan fingerprint density at radius 3 is 2.43 bits per heavy atom. The summed E-state index contributed by atoms with van der Waals surface area (Å²) in [6, 6.07) is 14.3. The molecule has 1 N–H and O–H groups in total. The molecule has 0 fully saturated rings. The van der Waals surface area contributed by atoms with Crippen molar-refractivity contribution >= 4 is 18.0 Å². The highest BCUT2D eigenvalue weighted by molar-refractivity contribution is 5.90. The van der Waals surface area contributed by atoms with Crippen LogP contribution in [0.15, 0.2) is 54.8 Å². The van der Waals surface area contributed by atoms with Gasteiger partial charge < -0.3 is 14.6 Å². The van der Waals surface area contributed by atoms with Gasteiger partial charge in [0.05, 0.1) is 18.4 Å². The molecule has 2 aromatic rings. The Balaban J connectivity index is 0.00000320. The van der Waals surface area contributed by atoms with Crippen LogP contribution in [-0.2, 0) is 25.3 Å². The number of benzene rings is 2. The van der Waals surface area contributed by atoms with Gasteiger partial charge in [0.15, 0.2) is 5.60 Å². The van der Waals surface area contributed by atoms with E-state index in [2.05, 4.69) is 13.8 Å². The highest BCUT2D eigenvalue weighted by Crippen LogP contribution is 2.45. The lowest BCUT2D eigenvalue weighted by atomic mass is 9.66. The lowest BCUT2D eigenvalue weighted by Gasteiger charge is -2.40. The van der Waals surface area contributed by atoms with Gasteiger partial charge in [-0.05, 0) is 66.1 Å². The van der Waals surface area contributed by atoms with E-state index >= 15 is 0 Å². The van der Waals surface area contributed by atoms with Crippen LogP contribution in [0, 0.1) is 0 Å². The first-order valence-corrected chi connectivity index (χ1v) is 9.75. The second-order valence-electron chi connectivity index (χ2n) is 7.84. The molecule has 30 heavy (non-hydrogen) atoms. The van der Waals surface area contributed by atoms with Gasteiger partial charge in [-0.3, -0.25) is 0 Å². The fourth-order valence-corrected chi connectivity index (χ4v) is 3.64. The molecular weight excluding hydrogens is 380 g/mol. The third-order valence-electron chi connectivity index (χ3n) is 5.39. The van der Waals surface area contributed by atoms with Crippen molar-refractivity contribution in [3.8, 4) is 0 Å². The highest BCUT2D eigenvalue weighted by atomic mass is 16.5. The number of hydrogen-bond acceptors (Lipinski definition) is 5. The maximum atomic E-state index is 12.5. The van der Waals surface area contributed by atoms with Gasteiger partial charge in [0, 0.05) is 0 Å². The minimum Gasteiger partial charge on any atom is -0.464 e. The molecule has 0 aromatic heterocycles. The molecule has 0 saturated heterocycles. The molecule has 3 rings (SSSR count). The zero-order valence-electron chi connectivity index (χ0n) is 17.0. The van der Waals surface area contributed by atoms with Crippen molar-refractivity contribution in [2.75, 3.05) is 6.61 Å². The molecule has 0 radical (unpaired) electrons. The van der Waals surface area contributed by atoms with Crippen LogP contribution < -0.4 is 0 Å². The number of ether oxygens (including phenoxy) is 2. The topological polar surface area (TPSA) is 72.8 Å². The molecule has 0 bridgehead atoms. The van der Waals surface area contributed by atoms with Crippen LogP contribution in [0.2, 0.25) is 0 Å². The van der Waals surface area contributed by atoms with E-state index in [0.29, 0.717) is 29.5 Å². The summed E-state index contributed by atoms with van der Waals surface area (Å²) >= 11 is 0. The summed E-state index contributed by atoms with van der Waals surface area (Å²) in [6.07, 6.45) is 3.91. The number of fused-ring (bicyclic) bond motifs is 1. The predicted octanol–water partition coefficient (Wildman–Crippen LogP) is 4.97. The summed E-state index contributed by atoms with van der Waals surface area (Å²) in [5.41, 5.74) is 0.786. The molecule has 2 aromatic carbocycles. The largest absolute Gasteiger partial charge is 0.464 e. The van der Waals surface area contributed by atoms with Gasteiger partial charge in [-0.1, -0.05) is 51.6 Å². The summed E-state index contributed by atoms with van der Waals surface area (Å²) in [6.45, 7) is 6.10. The van der Waals surface area contributed by atoms with Crippen molar-refractivity contribution in [3.05, 3.63) is 77.0 Å². The van der Waals surface area contributed by atoms with E-state index in [-0.39, 0.29) is 19.4 Å². The molecule has 160 valence electrons. The van der Waals surface area contributed by atoms with Crippen LogP contribution in [0.5, 0.6) is 0 Å². The van der Waals surface area contributed by atoms with E-state index in [1.807, 2.05) is 18.2 Å². The van der Waals surface area contributed by atoms with E-state index in [0.717, 1.165) is 5.56 Å². The zero-order valence-corrected chi connectivity index (χ0v) is 17.0. The smallest absolute Gasteiger partial charge is 0.342 e. The summed E-state index contributed by atoms with van der Waals surface area (Å²) in [4.78, 5) is 24.5. The normalized spacial score (nSPS) is 19.5. The predicted molar refractivity (Wildman–Crippen MR) is 117 cm³/mol. The molecule has 1 aliphatic carbocycles. The van der Waals surface area contributed by atoms with Gasteiger partial charge in [-0.25, -0.2) is 9.59 Å². The van der Waals surface area contributed by atoms with Crippen LogP contribution in [0.3, 0.4) is 0 Å². The van der Waals surface area contributed by atoms with Crippen molar-refractivity contribution in [1.82, 2.24) is 0 Å². The summed E-state index contributed by atoms with van der Waals surface area (Å²) < 4.78 is 10.3. The number of carbonyl (C=O) groups excluding carboxylic acids is 2. The van der Waals surface area contributed by atoms with Gasteiger partial charge in [-0.15, -0.1) is 0 Å². The minimum atomic E-state index is -1.68. The van der Waals surface area contributed by atoms with Crippen molar-refractivity contribution in [1.29, 1.82) is 0 Å². The highest BCUT2D eigenvalue weighted by Gasteiger charge is 2.47. The third kappa shape index (κ3) is 4.62. The Morgan fingerprint density at radius 2 is 1.77 bits per heavy atom. The van der Waals surface area contributed by atoms with Crippen LogP contribution in [0.4, 0.5) is 0 Å². The van der Waals surface area contributed by atoms with Crippen molar-refractivity contribution in [2.24, 2.45) is 0 Å². The van der Waals surface area contributed by atoms with Gasteiger partial charge in [0.2, 0.25) is 0 Å². The second-order valence-corrected chi connectivity index (χ2v) is 7.84. The zero-order chi connectivity index (χ0) is 21.1. The van der Waals surface area contributed by atoms with Gasteiger partial charge in [-0.2, -0.15) is 0 Å². The molecule has 1 atom stereocenters. The van der Waals surface area contributed by atoms with Gasteiger partial charge in [0.25, 0.3) is 0 Å². The maximum Gasteiger partial charge on any atom is 0.342 e. The van der Waals surface area contributed by atoms with Crippen molar-refractivity contribution in [2.45, 2.75) is 52.1 Å². The van der Waals surface area contributed by atoms with E-state index < -0.39 is 17.5 Å². The first-order chi connectivity index (χ1) is 13.8. The Bertz CT molecular complexity index is 930. The molecule has 0 amide bonds. The number of esters is 2. The molecule has 1 unspecified atom stereocenters. The van der Waals surface area contributed by atoms with E-state index in [1.165, 1.54) is 6.26 Å². The fraction of sp³-hybridized carbons (Fsp3) is 0.360. The molecule has 1 aliphatic rings. The molecule has 5 nitrogen and oxygen atoms in total. The average molecular weight is 411 g/mol. The Labute approximate surface area is 178 Å². The number of hydrogen-bond donors (Lipinski definition) is 1. The van der Waals surface area contributed by atoms with Crippen LogP contribution in [0.1, 0.15) is 68.1 Å². The molecular formula is C25H30O5. The molecule has 5 heteroatoms. The quantitative estimate of drug-likeness (QED) is 0.556. The molecule has 0 aliphatic heterocycles. The lowest BCUT2D eigenvalue weighted by molar-refractivity contribution is -0.168. The third-order valence-corrected chi connectivity index (χ3v) is 5.39. The first-order valence-electron chi connectivity index (χ1n) is 9.75. The van der Waals surface area contributed by atoms with E-state index in [4.69, 9.17) is 9.47 Å². The Kier molecular flexibility index (Phi) is 7.21. The maximum absolute atomic E-state index is 12.5. The van der Waals surface area contributed by atoms with Gasteiger partial charge in [0.1, 0.15) is 0 Å². The van der Waals surface area contributed by atoms with E-state index in [9.17, 15) is 14.7 Å². The van der Waals surface area contributed by atoms with Crippen molar-refractivity contribution < 1.29 is 24.2 Å². The second kappa shape index (κ2) is 9.26. The SMILES string of the molecule is C.CCOC(=O)C1(O)CCC(C)(C)c2ccc(C=COC(=O)c3ccccc3)cc21. The Hall–Kier alpha value is -2.92. The van der Waals surface area contributed by atoms with Crippen molar-refractivity contribution in [3.63, 3.8) is 0 Å². The fourth-order valence-electron chi connectivity index (χ4n) is 3.64. The lowest BCUT2D eigenvalue weighted by Crippen LogP contribution is -2.44. The van der Waals surface area contributed by atoms with E-state index in [1.54, 1.807) is 43.3 Å². The molecule has 0 spiro atoms. The molecule has 0 heterocycles. The number of rotatable bonds is 5.